The average Bonchev–Trinajstić information content (AvgIpc) is 3.47. The van der Waals surface area contributed by atoms with Crippen molar-refractivity contribution in [3.8, 4) is 0 Å². The van der Waals surface area contributed by atoms with Crippen LogP contribution >= 0.6 is 11.6 Å². The van der Waals surface area contributed by atoms with Gasteiger partial charge in [0.15, 0.2) is 0 Å². The molecule has 1 amide bonds. The van der Waals surface area contributed by atoms with Crippen LogP contribution in [0, 0.1) is 11.3 Å². The number of pyridine rings is 2. The summed E-state index contributed by atoms with van der Waals surface area (Å²) in [5, 5.41) is 8.32. The highest BCUT2D eigenvalue weighted by Crippen LogP contribution is 2.59. The lowest BCUT2D eigenvalue weighted by Crippen LogP contribution is -2.38. The van der Waals surface area contributed by atoms with Crippen LogP contribution in [0.3, 0.4) is 0 Å². The van der Waals surface area contributed by atoms with Crippen LogP contribution in [0.25, 0.3) is 0 Å². The molecule has 2 aromatic heterocycles. The third kappa shape index (κ3) is 7.91. The highest BCUT2D eigenvalue weighted by molar-refractivity contribution is 7.90. The monoisotopic (exact) mass is 641 g/mol. The molecule has 2 aliphatic heterocycles. The zero-order chi connectivity index (χ0) is 30.8. The number of halogens is 4. The molecular formula is C28H35ClF3N7O3S. The number of alkyl halides is 3. The summed E-state index contributed by atoms with van der Waals surface area (Å²) in [5.74, 6) is 0.776. The van der Waals surface area contributed by atoms with Gasteiger partial charge in [0.1, 0.15) is 34.4 Å². The number of carbonyl (C=O) groups is 1. The van der Waals surface area contributed by atoms with E-state index in [2.05, 4.69) is 44.6 Å². The Morgan fingerprint density at radius 3 is 2.72 bits per heavy atom. The fourth-order valence-electron chi connectivity index (χ4n) is 5.26. The maximum Gasteiger partial charge on any atom is 0.394 e. The van der Waals surface area contributed by atoms with Gasteiger partial charge in [-0.3, -0.25) is 9.80 Å². The molecule has 3 atom stereocenters. The van der Waals surface area contributed by atoms with Crippen LogP contribution in [-0.2, 0) is 16.1 Å². The molecule has 5 rings (SSSR count). The minimum absolute atomic E-state index is 0.0130. The summed E-state index contributed by atoms with van der Waals surface area (Å²) in [6.45, 7) is 6.03. The van der Waals surface area contributed by atoms with E-state index >= 15 is 0 Å². The lowest BCUT2D eigenvalue weighted by atomic mass is 9.95. The normalized spacial score (nSPS) is 22.9. The van der Waals surface area contributed by atoms with E-state index in [4.69, 9.17) is 16.3 Å². The van der Waals surface area contributed by atoms with E-state index in [0.29, 0.717) is 17.6 Å². The first-order chi connectivity index (χ1) is 20.3. The molecule has 10 nitrogen and oxygen atoms in total. The number of hydrogen-bond acceptors (Lipinski definition) is 9. The Kier molecular flexibility index (Phi) is 9.45. The van der Waals surface area contributed by atoms with Crippen molar-refractivity contribution in [1.82, 2.24) is 25.4 Å². The van der Waals surface area contributed by atoms with Gasteiger partial charge in [-0.1, -0.05) is 17.7 Å². The van der Waals surface area contributed by atoms with Crippen molar-refractivity contribution in [3.05, 3.63) is 53.3 Å². The standard InChI is InChI=1S/C28H35ClF3N7O3S/c1-26(2)16-18(17-34-26)8-13-33-20-4-3-5-23(35-20)43(41)38-25(40)19-6-7-21(36-24(19)29)39-14-9-22(37-39)42-15-12-27(10-11-27)28(30,31)32/h3-7,9,14,18,22,34,37H,8,10-13,15-17H2,1-2H3,(H,33,35)(H,38,40). The summed E-state index contributed by atoms with van der Waals surface area (Å²) in [6, 6.07) is 8.01. The second-order valence-electron chi connectivity index (χ2n) is 11.8. The minimum atomic E-state index is -4.22. The fraction of sp³-hybridized carbons (Fsp3) is 0.536. The molecule has 3 unspecified atom stereocenters. The first-order valence-corrected chi connectivity index (χ1v) is 15.6. The van der Waals surface area contributed by atoms with Gasteiger partial charge in [-0.05, 0) is 82.7 Å². The number of rotatable bonds is 12. The molecule has 43 heavy (non-hydrogen) atoms. The van der Waals surface area contributed by atoms with E-state index in [1.165, 1.54) is 17.1 Å². The summed E-state index contributed by atoms with van der Waals surface area (Å²) in [6.07, 6.45) is 0.632. The summed E-state index contributed by atoms with van der Waals surface area (Å²) < 4.78 is 60.2. The zero-order valence-corrected chi connectivity index (χ0v) is 25.4. The van der Waals surface area contributed by atoms with Crippen LogP contribution in [0.15, 0.2) is 47.6 Å². The number of aromatic nitrogens is 2. The van der Waals surface area contributed by atoms with Crippen molar-refractivity contribution in [1.29, 1.82) is 0 Å². The Hall–Kier alpha value is -2.62. The maximum atomic E-state index is 13.1. The second-order valence-corrected chi connectivity index (χ2v) is 13.3. The van der Waals surface area contributed by atoms with E-state index in [1.807, 2.05) is 0 Å². The molecule has 4 N–H and O–H groups in total. The fourth-order valence-corrected chi connectivity index (χ4v) is 6.26. The van der Waals surface area contributed by atoms with Crippen LogP contribution in [-0.4, -0.2) is 58.1 Å². The number of nitrogens with one attached hydrogen (secondary N) is 4. The van der Waals surface area contributed by atoms with Gasteiger partial charge in [0.2, 0.25) is 0 Å². The van der Waals surface area contributed by atoms with Crippen molar-refractivity contribution in [2.75, 3.05) is 30.0 Å². The Bertz CT molecular complexity index is 1340. The lowest BCUT2D eigenvalue weighted by Gasteiger charge is -2.22. The molecule has 1 saturated heterocycles. The van der Waals surface area contributed by atoms with Gasteiger partial charge >= 0.3 is 6.18 Å². The predicted molar refractivity (Wildman–Crippen MR) is 157 cm³/mol. The molecule has 1 saturated carbocycles. The SMILES string of the molecule is CC1(C)CC(CCNc2cccc([S+]([O-])NC(=O)c3ccc(N4C=CC(OCCC5(C(F)(F)F)CC5)N4)nc3Cl)n2)CN1. The van der Waals surface area contributed by atoms with E-state index < -0.39 is 35.1 Å². The van der Waals surface area contributed by atoms with Crippen molar-refractivity contribution in [2.45, 2.75) is 68.9 Å². The number of hydrogen-bond donors (Lipinski definition) is 4. The molecule has 0 bridgehead atoms. The Morgan fingerprint density at radius 2 is 2.05 bits per heavy atom. The molecule has 0 radical (unpaired) electrons. The third-order valence-corrected chi connectivity index (χ3v) is 9.23. The van der Waals surface area contributed by atoms with Crippen LogP contribution in [0.5, 0.6) is 0 Å². The van der Waals surface area contributed by atoms with Gasteiger partial charge in [0.05, 0.1) is 11.0 Å². The number of amides is 1. The van der Waals surface area contributed by atoms with Gasteiger partial charge in [-0.25, -0.2) is 4.98 Å². The van der Waals surface area contributed by atoms with Crippen molar-refractivity contribution in [3.63, 3.8) is 0 Å². The summed E-state index contributed by atoms with van der Waals surface area (Å²) in [5.41, 5.74) is 1.50. The number of ether oxygens (including phenoxy) is 1. The minimum Gasteiger partial charge on any atom is -0.587 e. The molecule has 1 aliphatic carbocycles. The number of hydrazine groups is 1. The number of anilines is 2. The summed E-state index contributed by atoms with van der Waals surface area (Å²) in [4.78, 5) is 21.4. The van der Waals surface area contributed by atoms with Gasteiger partial charge in [0, 0.05) is 31.0 Å². The molecule has 0 spiro atoms. The van der Waals surface area contributed by atoms with Crippen LogP contribution in [0.2, 0.25) is 5.15 Å². The quantitative estimate of drug-likeness (QED) is 0.193. The van der Waals surface area contributed by atoms with Gasteiger partial charge in [-0.15, -0.1) is 0 Å². The van der Waals surface area contributed by atoms with Gasteiger partial charge in [-0.2, -0.15) is 28.3 Å². The van der Waals surface area contributed by atoms with E-state index in [9.17, 15) is 22.5 Å². The number of nitrogens with zero attached hydrogens (tertiary/aromatic N) is 3. The highest BCUT2D eigenvalue weighted by Gasteiger charge is 2.62. The molecule has 234 valence electrons. The molecule has 4 heterocycles. The molecule has 2 fully saturated rings. The second kappa shape index (κ2) is 12.8. The zero-order valence-electron chi connectivity index (χ0n) is 23.8. The van der Waals surface area contributed by atoms with Crippen molar-refractivity contribution < 1.29 is 27.3 Å². The van der Waals surface area contributed by atoms with E-state index in [-0.39, 0.29) is 47.2 Å². The Morgan fingerprint density at radius 1 is 1.26 bits per heavy atom. The molecule has 2 aromatic rings. The predicted octanol–water partition coefficient (Wildman–Crippen LogP) is 4.69. The first kappa shape index (κ1) is 31.8. The first-order valence-electron chi connectivity index (χ1n) is 14.1. The van der Waals surface area contributed by atoms with Crippen molar-refractivity contribution in [2.24, 2.45) is 11.3 Å². The lowest BCUT2D eigenvalue weighted by molar-refractivity contribution is -0.192. The van der Waals surface area contributed by atoms with E-state index in [1.54, 1.807) is 30.5 Å². The van der Waals surface area contributed by atoms with Crippen LogP contribution < -0.4 is 25.8 Å². The smallest absolute Gasteiger partial charge is 0.394 e. The Balaban J connectivity index is 1.09. The summed E-state index contributed by atoms with van der Waals surface area (Å²) >= 11 is 4.35. The summed E-state index contributed by atoms with van der Waals surface area (Å²) in [7, 11) is 0. The number of carbonyl (C=O) groups excluding carboxylic acids is 1. The van der Waals surface area contributed by atoms with E-state index in [0.717, 1.165) is 25.9 Å². The largest absolute Gasteiger partial charge is 0.587 e. The van der Waals surface area contributed by atoms with Gasteiger partial charge in [0.25, 0.3) is 10.9 Å². The Labute approximate surface area is 256 Å². The molecular weight excluding hydrogens is 607 g/mol. The maximum absolute atomic E-state index is 13.1. The van der Waals surface area contributed by atoms with Crippen LogP contribution in [0.1, 0.15) is 56.3 Å². The van der Waals surface area contributed by atoms with Crippen molar-refractivity contribution >= 4 is 40.5 Å². The van der Waals surface area contributed by atoms with Crippen LogP contribution in [0.4, 0.5) is 24.8 Å². The molecule has 15 heteroatoms. The topological polar surface area (TPSA) is 126 Å². The van der Waals surface area contributed by atoms with Gasteiger partial charge < -0.3 is 19.9 Å². The average molecular weight is 642 g/mol. The molecule has 0 aromatic carbocycles. The third-order valence-electron chi connectivity index (χ3n) is 7.96. The highest BCUT2D eigenvalue weighted by atomic mass is 35.5. The molecule has 3 aliphatic rings.